The molecule has 0 aromatic carbocycles. The van der Waals surface area contributed by atoms with E-state index in [4.69, 9.17) is 0 Å². The van der Waals surface area contributed by atoms with Gasteiger partial charge >= 0.3 is 0 Å². The summed E-state index contributed by atoms with van der Waals surface area (Å²) in [5.41, 5.74) is 0. The lowest BCUT2D eigenvalue weighted by Gasteiger charge is -2.16. The Hall–Kier alpha value is 0.350. The van der Waals surface area contributed by atoms with Crippen LogP contribution in [0.15, 0.2) is 0 Å². The Labute approximate surface area is 88.0 Å². The lowest BCUT2D eigenvalue weighted by Crippen LogP contribution is -2.40. The highest BCUT2D eigenvalue weighted by Gasteiger charge is 2.24. The lowest BCUT2D eigenvalue weighted by molar-refractivity contribution is 0.465. The van der Waals surface area contributed by atoms with Crippen LogP contribution in [0.2, 0.25) is 0 Å². The molecule has 0 saturated carbocycles. The fourth-order valence-electron chi connectivity index (χ4n) is 1.24. The van der Waals surface area contributed by atoms with E-state index in [2.05, 4.69) is 20.7 Å². The summed E-state index contributed by atoms with van der Waals surface area (Å²) >= 11 is 3.29. The Morgan fingerprint density at radius 1 is 1.46 bits per heavy atom. The van der Waals surface area contributed by atoms with Crippen molar-refractivity contribution < 1.29 is 8.42 Å². The Kier molecular flexibility index (Phi) is 4.15. The zero-order chi connectivity index (χ0) is 9.90. The summed E-state index contributed by atoms with van der Waals surface area (Å²) in [4.78, 5) is 0.171. The monoisotopic (exact) mass is 270 g/mol. The van der Waals surface area contributed by atoms with Gasteiger partial charge in [-0.15, -0.1) is 0 Å². The van der Waals surface area contributed by atoms with Gasteiger partial charge in [-0.3, -0.25) is 0 Å². The lowest BCUT2D eigenvalue weighted by atomic mass is 10.4. The summed E-state index contributed by atoms with van der Waals surface area (Å²) < 4.78 is 27.1. The van der Waals surface area contributed by atoms with Gasteiger partial charge in [0, 0.05) is 24.5 Å². The van der Waals surface area contributed by atoms with Crippen LogP contribution < -0.4 is 4.72 Å². The molecule has 1 unspecified atom stereocenters. The van der Waals surface area contributed by atoms with Gasteiger partial charge in [-0.1, -0.05) is 22.9 Å². The first-order chi connectivity index (χ1) is 6.02. The van der Waals surface area contributed by atoms with Crippen LogP contribution in [0.1, 0.15) is 19.8 Å². The number of rotatable bonds is 4. The zero-order valence-electron chi connectivity index (χ0n) is 7.66. The van der Waals surface area contributed by atoms with Crippen LogP contribution in [0.5, 0.6) is 0 Å². The molecule has 0 spiro atoms. The van der Waals surface area contributed by atoms with Gasteiger partial charge in [0.2, 0.25) is 0 Å². The molecule has 4 nitrogen and oxygen atoms in total. The van der Waals surface area contributed by atoms with Crippen LogP contribution >= 0.6 is 15.9 Å². The molecule has 1 N–H and O–H groups in total. The number of hydrogen-bond acceptors (Lipinski definition) is 2. The van der Waals surface area contributed by atoms with Crippen molar-refractivity contribution in [1.29, 1.82) is 0 Å². The maximum atomic E-state index is 11.5. The normalized spacial score (nSPS) is 22.0. The summed E-state index contributed by atoms with van der Waals surface area (Å²) in [6.07, 6.45) is 1.95. The van der Waals surface area contributed by atoms with E-state index in [-0.39, 0.29) is 4.83 Å². The van der Waals surface area contributed by atoms with Crippen LogP contribution in [0.4, 0.5) is 0 Å². The minimum atomic E-state index is -3.20. The highest BCUT2D eigenvalue weighted by Crippen LogP contribution is 2.11. The number of hydrogen-bond donors (Lipinski definition) is 1. The predicted molar refractivity (Wildman–Crippen MR) is 56.1 cm³/mol. The summed E-state index contributed by atoms with van der Waals surface area (Å²) in [6, 6.07) is 0. The molecule has 0 amide bonds. The fraction of sp³-hybridized carbons (Fsp3) is 1.00. The molecule has 1 aliphatic rings. The summed E-state index contributed by atoms with van der Waals surface area (Å²) in [5, 5.41) is 0. The second kappa shape index (κ2) is 4.72. The minimum Gasteiger partial charge on any atom is -0.201 e. The maximum absolute atomic E-state index is 11.5. The topological polar surface area (TPSA) is 49.4 Å². The van der Waals surface area contributed by atoms with E-state index >= 15 is 0 Å². The molecule has 0 radical (unpaired) electrons. The average molecular weight is 271 g/mol. The van der Waals surface area contributed by atoms with E-state index in [1.54, 1.807) is 0 Å². The third-order valence-electron chi connectivity index (χ3n) is 1.95. The summed E-state index contributed by atoms with van der Waals surface area (Å²) in [6.45, 7) is 3.67. The molecule has 0 aliphatic carbocycles. The van der Waals surface area contributed by atoms with Crippen LogP contribution in [-0.4, -0.2) is 37.2 Å². The van der Waals surface area contributed by atoms with Crippen molar-refractivity contribution in [2.75, 3.05) is 19.6 Å². The molecular weight excluding hydrogens is 256 g/mol. The molecule has 78 valence electrons. The van der Waals surface area contributed by atoms with Gasteiger partial charge in [0.15, 0.2) is 0 Å². The first-order valence-electron chi connectivity index (χ1n) is 4.41. The smallest absolute Gasteiger partial charge is 0.201 e. The zero-order valence-corrected chi connectivity index (χ0v) is 10.1. The fourth-order valence-corrected chi connectivity index (χ4v) is 3.00. The van der Waals surface area contributed by atoms with Gasteiger partial charge in [-0.05, 0) is 12.8 Å². The number of halogens is 1. The van der Waals surface area contributed by atoms with Crippen molar-refractivity contribution in [3.05, 3.63) is 0 Å². The van der Waals surface area contributed by atoms with E-state index in [1.807, 2.05) is 6.92 Å². The third-order valence-corrected chi connectivity index (χ3v) is 3.85. The van der Waals surface area contributed by atoms with E-state index in [1.165, 1.54) is 4.31 Å². The van der Waals surface area contributed by atoms with Crippen molar-refractivity contribution in [2.24, 2.45) is 0 Å². The highest BCUT2D eigenvalue weighted by atomic mass is 79.9. The van der Waals surface area contributed by atoms with E-state index in [0.717, 1.165) is 12.8 Å². The molecule has 0 aromatic heterocycles. The first kappa shape index (κ1) is 11.4. The molecule has 1 aliphatic heterocycles. The Bertz CT molecular complexity index is 247. The number of alkyl halides is 1. The van der Waals surface area contributed by atoms with Crippen molar-refractivity contribution in [2.45, 2.75) is 24.6 Å². The van der Waals surface area contributed by atoms with Crippen molar-refractivity contribution in [3.63, 3.8) is 0 Å². The molecule has 13 heavy (non-hydrogen) atoms. The van der Waals surface area contributed by atoms with Crippen LogP contribution in [0.3, 0.4) is 0 Å². The second-order valence-corrected chi connectivity index (χ2v) is 6.56. The Morgan fingerprint density at radius 2 is 2.00 bits per heavy atom. The van der Waals surface area contributed by atoms with Crippen molar-refractivity contribution in [3.8, 4) is 0 Å². The van der Waals surface area contributed by atoms with Crippen LogP contribution in [-0.2, 0) is 10.2 Å². The maximum Gasteiger partial charge on any atom is 0.279 e. The highest BCUT2D eigenvalue weighted by molar-refractivity contribution is 9.09. The van der Waals surface area contributed by atoms with Gasteiger partial charge < -0.3 is 0 Å². The molecule has 1 fully saturated rings. The molecular formula is C7H15BrN2O2S. The summed E-state index contributed by atoms with van der Waals surface area (Å²) in [5.74, 6) is 0. The standard InChI is InChI=1S/C7H15BrN2O2S/c1-7(8)6-9-13(11,12)10-4-2-3-5-10/h7,9H,2-6H2,1H3. The Balaban J connectivity index is 2.45. The third kappa shape index (κ3) is 3.53. The van der Waals surface area contributed by atoms with Gasteiger partial charge in [0.25, 0.3) is 10.2 Å². The van der Waals surface area contributed by atoms with Crippen LogP contribution in [0.25, 0.3) is 0 Å². The van der Waals surface area contributed by atoms with Gasteiger partial charge in [-0.25, -0.2) is 4.72 Å². The van der Waals surface area contributed by atoms with Gasteiger partial charge in [0.1, 0.15) is 0 Å². The molecule has 1 rings (SSSR count). The Morgan fingerprint density at radius 3 is 2.46 bits per heavy atom. The van der Waals surface area contributed by atoms with E-state index < -0.39 is 10.2 Å². The predicted octanol–water partition coefficient (Wildman–Crippen LogP) is 0.700. The van der Waals surface area contributed by atoms with Gasteiger partial charge in [-0.2, -0.15) is 12.7 Å². The average Bonchev–Trinajstić information content (AvgIpc) is 2.53. The summed E-state index contributed by atoms with van der Waals surface area (Å²) in [7, 11) is -3.20. The number of nitrogens with one attached hydrogen (secondary N) is 1. The number of nitrogens with zero attached hydrogens (tertiary/aromatic N) is 1. The quantitative estimate of drug-likeness (QED) is 0.765. The molecule has 1 saturated heterocycles. The van der Waals surface area contributed by atoms with Crippen molar-refractivity contribution in [1.82, 2.24) is 9.03 Å². The molecule has 0 bridgehead atoms. The largest absolute Gasteiger partial charge is 0.279 e. The van der Waals surface area contributed by atoms with E-state index in [0.29, 0.717) is 19.6 Å². The second-order valence-electron chi connectivity index (χ2n) is 3.24. The van der Waals surface area contributed by atoms with Crippen LogP contribution in [0, 0.1) is 0 Å². The molecule has 0 aromatic rings. The molecule has 6 heteroatoms. The SMILES string of the molecule is CC(Br)CNS(=O)(=O)N1CCCC1. The first-order valence-corrected chi connectivity index (χ1v) is 6.77. The molecule has 1 atom stereocenters. The van der Waals surface area contributed by atoms with E-state index in [9.17, 15) is 8.42 Å². The molecule has 1 heterocycles. The van der Waals surface area contributed by atoms with Crippen molar-refractivity contribution >= 4 is 26.1 Å². The minimum absolute atomic E-state index is 0.171. The van der Waals surface area contributed by atoms with Gasteiger partial charge in [0.05, 0.1) is 0 Å².